The van der Waals surface area contributed by atoms with Crippen LogP contribution in [0.2, 0.25) is 0 Å². The zero-order chi connectivity index (χ0) is 23.5. The lowest BCUT2D eigenvalue weighted by atomic mass is 9.97. The molecule has 0 radical (unpaired) electrons. The van der Waals surface area contributed by atoms with Crippen molar-refractivity contribution in [1.29, 1.82) is 0 Å². The van der Waals surface area contributed by atoms with Gasteiger partial charge in [-0.25, -0.2) is 0 Å². The standard InChI is InChI=1S/C31H36N2O/c1-23-19-24(2)30-28(20-23)29(25-13-7-5-8-14-25)31(26-15-9-6-10-16-26)33(30)22-27(34)21-32-17-11-3-4-12-18-32/h5-10,13-16,19-20,27,34H,3-4,11-12,17-18,21-22H2,1-2H3/t27-/m1/s1. The number of fused-ring (bicyclic) bond motifs is 1. The number of hydrogen-bond donors (Lipinski definition) is 1. The van der Waals surface area contributed by atoms with E-state index >= 15 is 0 Å². The number of rotatable bonds is 6. The van der Waals surface area contributed by atoms with E-state index in [2.05, 4.69) is 96.1 Å². The highest BCUT2D eigenvalue weighted by molar-refractivity contribution is 6.06. The second-order valence-corrected chi connectivity index (χ2v) is 9.91. The molecule has 0 amide bonds. The Balaban J connectivity index is 1.67. The maximum Gasteiger partial charge on any atom is 0.0845 e. The van der Waals surface area contributed by atoms with Gasteiger partial charge in [0.25, 0.3) is 0 Å². The lowest BCUT2D eigenvalue weighted by molar-refractivity contribution is 0.101. The molecule has 4 aromatic rings. The van der Waals surface area contributed by atoms with Crippen molar-refractivity contribution >= 4 is 10.9 Å². The van der Waals surface area contributed by atoms with Crippen LogP contribution in [0.5, 0.6) is 0 Å². The number of likely N-dealkylation sites (tertiary alicyclic amines) is 1. The number of aliphatic hydroxyl groups excluding tert-OH is 1. The Morgan fingerprint density at radius 1 is 0.765 bits per heavy atom. The Bertz CT molecular complexity index is 1240. The molecule has 0 spiro atoms. The summed E-state index contributed by atoms with van der Waals surface area (Å²) in [6, 6.07) is 26.0. The van der Waals surface area contributed by atoms with Crippen LogP contribution in [0.15, 0.2) is 72.8 Å². The smallest absolute Gasteiger partial charge is 0.0845 e. The highest BCUT2D eigenvalue weighted by Crippen LogP contribution is 2.42. The Labute approximate surface area is 203 Å². The molecule has 0 saturated carbocycles. The van der Waals surface area contributed by atoms with Crippen molar-refractivity contribution in [2.75, 3.05) is 19.6 Å². The van der Waals surface area contributed by atoms with Gasteiger partial charge < -0.3 is 14.6 Å². The minimum Gasteiger partial charge on any atom is -0.390 e. The summed E-state index contributed by atoms with van der Waals surface area (Å²) in [4.78, 5) is 2.46. The van der Waals surface area contributed by atoms with Gasteiger partial charge in [0.05, 0.1) is 23.9 Å². The number of benzene rings is 3. The molecule has 0 bridgehead atoms. The molecule has 0 unspecified atom stereocenters. The second kappa shape index (κ2) is 10.2. The molecule has 1 saturated heterocycles. The van der Waals surface area contributed by atoms with E-state index in [1.807, 2.05) is 0 Å². The predicted molar refractivity (Wildman–Crippen MR) is 143 cm³/mol. The van der Waals surface area contributed by atoms with Crippen LogP contribution in [0.4, 0.5) is 0 Å². The summed E-state index contributed by atoms with van der Waals surface area (Å²) >= 11 is 0. The average molecular weight is 453 g/mol. The number of aromatic nitrogens is 1. The third-order valence-electron chi connectivity index (χ3n) is 7.16. The van der Waals surface area contributed by atoms with E-state index in [0.717, 1.165) is 19.6 Å². The zero-order valence-electron chi connectivity index (χ0n) is 20.5. The molecule has 34 heavy (non-hydrogen) atoms. The van der Waals surface area contributed by atoms with Crippen LogP contribution >= 0.6 is 0 Å². The van der Waals surface area contributed by atoms with Crippen LogP contribution in [0, 0.1) is 13.8 Å². The molecule has 0 aliphatic carbocycles. The molecule has 3 nitrogen and oxygen atoms in total. The normalized spacial score (nSPS) is 16.0. The molecule has 1 N–H and O–H groups in total. The Morgan fingerprint density at radius 3 is 2.03 bits per heavy atom. The van der Waals surface area contributed by atoms with Gasteiger partial charge in [-0.3, -0.25) is 0 Å². The van der Waals surface area contributed by atoms with Gasteiger partial charge in [-0.2, -0.15) is 0 Å². The molecule has 3 heteroatoms. The fourth-order valence-electron chi connectivity index (χ4n) is 5.74. The highest BCUT2D eigenvalue weighted by Gasteiger charge is 2.24. The fourth-order valence-corrected chi connectivity index (χ4v) is 5.74. The van der Waals surface area contributed by atoms with Gasteiger partial charge in [0.2, 0.25) is 0 Å². The van der Waals surface area contributed by atoms with Crippen molar-refractivity contribution in [2.45, 2.75) is 52.2 Å². The van der Waals surface area contributed by atoms with Gasteiger partial charge in [0, 0.05) is 17.5 Å². The van der Waals surface area contributed by atoms with Crippen molar-refractivity contribution in [1.82, 2.24) is 9.47 Å². The fraction of sp³-hybridized carbons (Fsp3) is 0.355. The Morgan fingerprint density at radius 2 is 1.38 bits per heavy atom. The van der Waals surface area contributed by atoms with Gasteiger partial charge in [0.1, 0.15) is 0 Å². The lowest BCUT2D eigenvalue weighted by Crippen LogP contribution is -2.35. The summed E-state index contributed by atoms with van der Waals surface area (Å²) < 4.78 is 2.39. The molecule has 1 aliphatic heterocycles. The summed E-state index contributed by atoms with van der Waals surface area (Å²) in [7, 11) is 0. The third-order valence-corrected chi connectivity index (χ3v) is 7.16. The molecule has 5 rings (SSSR count). The van der Waals surface area contributed by atoms with E-state index in [9.17, 15) is 5.11 Å². The summed E-state index contributed by atoms with van der Waals surface area (Å²) in [5.74, 6) is 0. The molecule has 1 atom stereocenters. The van der Waals surface area contributed by atoms with E-state index in [0.29, 0.717) is 6.54 Å². The molecule has 1 aromatic heterocycles. The van der Waals surface area contributed by atoms with Crippen LogP contribution in [0.3, 0.4) is 0 Å². The first-order valence-corrected chi connectivity index (χ1v) is 12.8. The second-order valence-electron chi connectivity index (χ2n) is 9.91. The lowest BCUT2D eigenvalue weighted by Gasteiger charge is -2.25. The number of aryl methyl sites for hydroxylation is 2. The monoisotopic (exact) mass is 452 g/mol. The summed E-state index contributed by atoms with van der Waals surface area (Å²) in [6.07, 6.45) is 4.69. The van der Waals surface area contributed by atoms with Crippen LogP contribution in [-0.4, -0.2) is 40.3 Å². The quantitative estimate of drug-likeness (QED) is 0.347. The number of nitrogens with zero attached hydrogens (tertiary/aromatic N) is 2. The van der Waals surface area contributed by atoms with Crippen LogP contribution in [0.1, 0.15) is 36.8 Å². The third kappa shape index (κ3) is 4.68. The van der Waals surface area contributed by atoms with E-state index < -0.39 is 6.10 Å². The van der Waals surface area contributed by atoms with Crippen molar-refractivity contribution in [3.05, 3.63) is 83.9 Å². The first-order valence-electron chi connectivity index (χ1n) is 12.8. The molecular formula is C31H36N2O. The Kier molecular flexibility index (Phi) is 6.85. The summed E-state index contributed by atoms with van der Waals surface area (Å²) in [5.41, 5.74) is 8.63. The van der Waals surface area contributed by atoms with E-state index in [1.165, 1.54) is 70.1 Å². The van der Waals surface area contributed by atoms with Gasteiger partial charge in [-0.15, -0.1) is 0 Å². The average Bonchev–Trinajstić information content (AvgIpc) is 2.96. The molecular weight excluding hydrogens is 416 g/mol. The van der Waals surface area contributed by atoms with Crippen molar-refractivity contribution < 1.29 is 5.11 Å². The minimum absolute atomic E-state index is 0.416. The van der Waals surface area contributed by atoms with Crippen molar-refractivity contribution in [3.8, 4) is 22.4 Å². The molecule has 3 aromatic carbocycles. The van der Waals surface area contributed by atoms with Gasteiger partial charge in [-0.1, -0.05) is 85.1 Å². The molecule has 1 aliphatic rings. The summed E-state index contributed by atoms with van der Waals surface area (Å²) in [5, 5.41) is 12.6. The van der Waals surface area contributed by atoms with E-state index in [4.69, 9.17) is 0 Å². The molecule has 1 fully saturated rings. The first-order chi connectivity index (χ1) is 16.6. The predicted octanol–water partition coefficient (Wildman–Crippen LogP) is 6.83. The van der Waals surface area contributed by atoms with Gasteiger partial charge in [0.15, 0.2) is 0 Å². The minimum atomic E-state index is -0.416. The van der Waals surface area contributed by atoms with E-state index in [-0.39, 0.29) is 0 Å². The van der Waals surface area contributed by atoms with Crippen LogP contribution < -0.4 is 0 Å². The SMILES string of the molecule is Cc1cc(C)c2c(c1)c(-c1ccccc1)c(-c1ccccc1)n2C[C@H](O)CN1CCCCCC1. The highest BCUT2D eigenvalue weighted by atomic mass is 16.3. The molecule has 2 heterocycles. The van der Waals surface area contributed by atoms with Gasteiger partial charge in [-0.05, 0) is 62.5 Å². The number of aliphatic hydroxyl groups is 1. The number of β-amino-alcohol motifs (C(OH)–C–C–N with tert-alkyl or cyclic N) is 1. The van der Waals surface area contributed by atoms with Crippen LogP contribution in [-0.2, 0) is 6.54 Å². The van der Waals surface area contributed by atoms with Crippen molar-refractivity contribution in [3.63, 3.8) is 0 Å². The molecule has 176 valence electrons. The zero-order valence-corrected chi connectivity index (χ0v) is 20.5. The maximum absolute atomic E-state index is 11.3. The Hall–Kier alpha value is -2.88. The maximum atomic E-state index is 11.3. The first kappa shape index (κ1) is 22.9. The largest absolute Gasteiger partial charge is 0.390 e. The topological polar surface area (TPSA) is 28.4 Å². The number of hydrogen-bond acceptors (Lipinski definition) is 2. The van der Waals surface area contributed by atoms with E-state index in [1.54, 1.807) is 0 Å². The van der Waals surface area contributed by atoms with Crippen molar-refractivity contribution in [2.24, 2.45) is 0 Å². The van der Waals surface area contributed by atoms with Crippen LogP contribution in [0.25, 0.3) is 33.3 Å². The van der Waals surface area contributed by atoms with Gasteiger partial charge >= 0.3 is 0 Å². The summed E-state index contributed by atoms with van der Waals surface area (Å²) in [6.45, 7) is 7.91.